The van der Waals surface area contributed by atoms with Crippen LogP contribution in [0, 0.1) is 0 Å². The molecule has 0 aliphatic carbocycles. The van der Waals surface area contributed by atoms with Crippen LogP contribution in [0.1, 0.15) is 18.5 Å². The molecule has 0 bridgehead atoms. The molecule has 1 nitrogen and oxygen atoms in total. The Morgan fingerprint density at radius 1 is 1.25 bits per heavy atom. The molecule has 0 radical (unpaired) electrons. The maximum Gasteiger partial charge on any atom is 0.401 e. The van der Waals surface area contributed by atoms with Gasteiger partial charge in [-0.05, 0) is 30.9 Å². The molecular formula is C11H14F3NS. The average Bonchev–Trinajstić information content (AvgIpc) is 2.25. The lowest BCUT2D eigenvalue weighted by molar-refractivity contribution is -0.126. The van der Waals surface area contributed by atoms with Crippen LogP contribution in [0.25, 0.3) is 0 Å². The van der Waals surface area contributed by atoms with Gasteiger partial charge in [-0.2, -0.15) is 13.2 Å². The van der Waals surface area contributed by atoms with Crippen LogP contribution < -0.4 is 5.32 Å². The van der Waals surface area contributed by atoms with Crippen molar-refractivity contribution in [2.75, 3.05) is 12.8 Å². The fourth-order valence-electron chi connectivity index (χ4n) is 1.28. The molecule has 0 saturated carbocycles. The van der Waals surface area contributed by atoms with Gasteiger partial charge < -0.3 is 5.32 Å². The van der Waals surface area contributed by atoms with E-state index in [0.29, 0.717) is 0 Å². The third kappa shape index (κ3) is 4.45. The number of benzene rings is 1. The van der Waals surface area contributed by atoms with Gasteiger partial charge in [0.2, 0.25) is 0 Å². The number of halogens is 3. The maximum atomic E-state index is 12.0. The lowest BCUT2D eigenvalue weighted by Crippen LogP contribution is -2.30. The fourth-order valence-corrected chi connectivity index (χ4v) is 1.69. The smallest absolute Gasteiger partial charge is 0.302 e. The van der Waals surface area contributed by atoms with Crippen molar-refractivity contribution in [2.24, 2.45) is 0 Å². The lowest BCUT2D eigenvalue weighted by Gasteiger charge is -2.16. The van der Waals surface area contributed by atoms with Crippen molar-refractivity contribution in [3.05, 3.63) is 29.8 Å². The molecule has 0 saturated heterocycles. The standard InChI is InChI=1S/C11H14F3NS/c1-8(15-7-11(12,13)14)9-3-5-10(16-2)6-4-9/h3-6,8,15H,7H2,1-2H3. The molecular weight excluding hydrogens is 235 g/mol. The Morgan fingerprint density at radius 3 is 2.25 bits per heavy atom. The van der Waals surface area contributed by atoms with E-state index in [2.05, 4.69) is 5.32 Å². The fraction of sp³-hybridized carbons (Fsp3) is 0.455. The molecule has 1 atom stereocenters. The summed E-state index contributed by atoms with van der Waals surface area (Å²) >= 11 is 1.61. The first-order valence-corrected chi connectivity index (χ1v) is 6.09. The van der Waals surface area contributed by atoms with Gasteiger partial charge in [0.25, 0.3) is 0 Å². The van der Waals surface area contributed by atoms with E-state index in [1.165, 1.54) is 0 Å². The van der Waals surface area contributed by atoms with E-state index >= 15 is 0 Å². The zero-order chi connectivity index (χ0) is 12.2. The van der Waals surface area contributed by atoms with Gasteiger partial charge in [0, 0.05) is 10.9 Å². The number of hydrogen-bond donors (Lipinski definition) is 1. The Balaban J connectivity index is 2.56. The van der Waals surface area contributed by atoms with Crippen LogP contribution in [-0.2, 0) is 0 Å². The van der Waals surface area contributed by atoms with Gasteiger partial charge in [-0.1, -0.05) is 12.1 Å². The molecule has 1 unspecified atom stereocenters. The molecule has 1 aromatic rings. The van der Waals surface area contributed by atoms with Crippen molar-refractivity contribution in [2.45, 2.75) is 24.0 Å². The molecule has 0 aliphatic heterocycles. The van der Waals surface area contributed by atoms with Gasteiger partial charge in [-0.3, -0.25) is 0 Å². The molecule has 0 aliphatic rings. The van der Waals surface area contributed by atoms with Crippen molar-refractivity contribution in [1.82, 2.24) is 5.32 Å². The minimum atomic E-state index is -4.16. The zero-order valence-corrected chi connectivity index (χ0v) is 9.95. The first-order valence-electron chi connectivity index (χ1n) is 4.86. The third-order valence-electron chi connectivity index (χ3n) is 2.22. The molecule has 16 heavy (non-hydrogen) atoms. The van der Waals surface area contributed by atoms with Crippen LogP contribution in [0.2, 0.25) is 0 Å². The van der Waals surface area contributed by atoms with E-state index in [1.807, 2.05) is 30.5 Å². The van der Waals surface area contributed by atoms with E-state index in [9.17, 15) is 13.2 Å². The molecule has 0 heterocycles. The van der Waals surface area contributed by atoms with Crippen LogP contribution in [-0.4, -0.2) is 19.0 Å². The second kappa shape index (κ2) is 5.59. The van der Waals surface area contributed by atoms with Crippen LogP contribution >= 0.6 is 11.8 Å². The minimum absolute atomic E-state index is 0.294. The largest absolute Gasteiger partial charge is 0.401 e. The Hall–Kier alpha value is -0.680. The van der Waals surface area contributed by atoms with Crippen molar-refractivity contribution < 1.29 is 13.2 Å². The molecule has 1 N–H and O–H groups in total. The first-order chi connectivity index (χ1) is 7.42. The van der Waals surface area contributed by atoms with Gasteiger partial charge in [-0.15, -0.1) is 11.8 Å². The predicted octanol–water partition coefficient (Wildman–Crippen LogP) is 3.62. The summed E-state index contributed by atoms with van der Waals surface area (Å²) in [5.74, 6) is 0. The summed E-state index contributed by atoms with van der Waals surface area (Å²) < 4.78 is 36.0. The van der Waals surface area contributed by atoms with Gasteiger partial charge in [0.15, 0.2) is 0 Å². The Labute approximate surface area is 97.4 Å². The minimum Gasteiger partial charge on any atom is -0.302 e. The van der Waals surface area contributed by atoms with Crippen molar-refractivity contribution >= 4 is 11.8 Å². The number of rotatable bonds is 4. The van der Waals surface area contributed by atoms with Crippen LogP contribution in [0.5, 0.6) is 0 Å². The molecule has 1 rings (SSSR count). The molecule has 90 valence electrons. The lowest BCUT2D eigenvalue weighted by atomic mass is 10.1. The Morgan fingerprint density at radius 2 is 1.81 bits per heavy atom. The van der Waals surface area contributed by atoms with Crippen molar-refractivity contribution in [3.63, 3.8) is 0 Å². The summed E-state index contributed by atoms with van der Waals surface area (Å²) in [4.78, 5) is 1.10. The summed E-state index contributed by atoms with van der Waals surface area (Å²) in [6, 6.07) is 7.22. The molecule has 0 spiro atoms. The highest BCUT2D eigenvalue weighted by Gasteiger charge is 2.27. The molecule has 0 amide bonds. The van der Waals surface area contributed by atoms with E-state index in [1.54, 1.807) is 18.7 Å². The van der Waals surface area contributed by atoms with Crippen LogP contribution in [0.4, 0.5) is 13.2 Å². The van der Waals surface area contributed by atoms with Crippen molar-refractivity contribution in [3.8, 4) is 0 Å². The summed E-state index contributed by atoms with van der Waals surface area (Å²) in [6.07, 6.45) is -2.20. The van der Waals surface area contributed by atoms with Gasteiger partial charge in [-0.25, -0.2) is 0 Å². The third-order valence-corrected chi connectivity index (χ3v) is 2.97. The highest BCUT2D eigenvalue weighted by Crippen LogP contribution is 2.20. The maximum absolute atomic E-state index is 12.0. The van der Waals surface area contributed by atoms with Gasteiger partial charge in [0.05, 0.1) is 6.54 Å². The first kappa shape index (κ1) is 13.4. The highest BCUT2D eigenvalue weighted by molar-refractivity contribution is 7.98. The van der Waals surface area contributed by atoms with Crippen LogP contribution in [0.15, 0.2) is 29.2 Å². The zero-order valence-electron chi connectivity index (χ0n) is 9.14. The monoisotopic (exact) mass is 249 g/mol. The predicted molar refractivity (Wildman–Crippen MR) is 60.7 cm³/mol. The van der Waals surface area contributed by atoms with Gasteiger partial charge in [0.1, 0.15) is 0 Å². The van der Waals surface area contributed by atoms with E-state index in [0.717, 1.165) is 10.5 Å². The van der Waals surface area contributed by atoms with Gasteiger partial charge >= 0.3 is 6.18 Å². The quantitative estimate of drug-likeness (QED) is 0.818. The van der Waals surface area contributed by atoms with Crippen molar-refractivity contribution in [1.29, 1.82) is 0 Å². The van der Waals surface area contributed by atoms with E-state index < -0.39 is 12.7 Å². The topological polar surface area (TPSA) is 12.0 Å². The summed E-state index contributed by atoms with van der Waals surface area (Å²) in [5.41, 5.74) is 0.863. The summed E-state index contributed by atoms with van der Waals surface area (Å²) in [7, 11) is 0. The second-order valence-electron chi connectivity index (χ2n) is 3.49. The molecule has 5 heteroatoms. The van der Waals surface area contributed by atoms with E-state index in [4.69, 9.17) is 0 Å². The Bertz CT molecular complexity index is 321. The molecule has 0 fully saturated rings. The summed E-state index contributed by atoms with van der Waals surface area (Å²) in [6.45, 7) is 0.762. The second-order valence-corrected chi connectivity index (χ2v) is 4.37. The Kier molecular flexibility index (Phi) is 4.68. The summed E-state index contributed by atoms with van der Waals surface area (Å²) in [5, 5.41) is 2.44. The number of thioether (sulfide) groups is 1. The SMILES string of the molecule is CSc1ccc(C(C)NCC(F)(F)F)cc1. The normalized spacial score (nSPS) is 13.8. The highest BCUT2D eigenvalue weighted by atomic mass is 32.2. The molecule has 1 aromatic carbocycles. The molecule has 0 aromatic heterocycles. The van der Waals surface area contributed by atoms with E-state index in [-0.39, 0.29) is 6.04 Å². The average molecular weight is 249 g/mol. The number of hydrogen-bond acceptors (Lipinski definition) is 2. The number of alkyl halides is 3. The van der Waals surface area contributed by atoms with Crippen LogP contribution in [0.3, 0.4) is 0 Å². The number of nitrogens with one attached hydrogen (secondary N) is 1.